The molecule has 30 heavy (non-hydrogen) atoms. The fourth-order valence-corrected chi connectivity index (χ4v) is 4.05. The number of aromatic nitrogens is 3. The summed E-state index contributed by atoms with van der Waals surface area (Å²) in [7, 11) is 0. The van der Waals surface area contributed by atoms with Gasteiger partial charge in [0.2, 0.25) is 0 Å². The molecule has 0 fully saturated rings. The lowest BCUT2D eigenvalue weighted by atomic mass is 10.1. The first-order chi connectivity index (χ1) is 14.7. The zero-order valence-electron chi connectivity index (χ0n) is 16.7. The first-order valence-electron chi connectivity index (χ1n) is 9.68. The number of fused-ring (bicyclic) bond motifs is 1. The Morgan fingerprint density at radius 3 is 2.57 bits per heavy atom. The van der Waals surface area contributed by atoms with Crippen molar-refractivity contribution in [3.63, 3.8) is 0 Å². The average molecular weight is 410 g/mol. The summed E-state index contributed by atoms with van der Waals surface area (Å²) in [6.45, 7) is 4.04. The summed E-state index contributed by atoms with van der Waals surface area (Å²) < 4.78 is 6.40. The molecule has 0 N–H and O–H groups in total. The minimum Gasteiger partial charge on any atom is -0.454 e. The molecule has 0 bridgehead atoms. The third kappa shape index (κ3) is 3.44. The van der Waals surface area contributed by atoms with Gasteiger partial charge in [0.1, 0.15) is 11.4 Å². The van der Waals surface area contributed by atoms with Crippen LogP contribution in [0.5, 0.6) is 11.5 Å². The number of thiophene rings is 1. The molecule has 0 spiro atoms. The second kappa shape index (κ2) is 7.69. The van der Waals surface area contributed by atoms with Crippen LogP contribution in [-0.4, -0.2) is 15.0 Å². The summed E-state index contributed by atoms with van der Waals surface area (Å²) in [6.07, 6.45) is 3.55. The lowest BCUT2D eigenvalue weighted by Crippen LogP contribution is -1.98. The molecule has 0 aliphatic carbocycles. The Hall–Kier alpha value is -3.57. The van der Waals surface area contributed by atoms with Gasteiger partial charge in [-0.15, -0.1) is 0 Å². The molecule has 5 heteroatoms. The van der Waals surface area contributed by atoms with Crippen LogP contribution in [0.1, 0.15) is 11.3 Å². The largest absolute Gasteiger partial charge is 0.454 e. The van der Waals surface area contributed by atoms with Crippen molar-refractivity contribution in [2.24, 2.45) is 0 Å². The van der Waals surface area contributed by atoms with E-state index in [0.717, 1.165) is 44.9 Å². The first-order valence-corrected chi connectivity index (χ1v) is 10.6. The molecule has 0 atom stereocenters. The van der Waals surface area contributed by atoms with Gasteiger partial charge in [-0.2, -0.15) is 11.3 Å². The number of rotatable bonds is 4. The fourth-order valence-electron chi connectivity index (χ4n) is 3.38. The van der Waals surface area contributed by atoms with E-state index in [0.29, 0.717) is 5.75 Å². The van der Waals surface area contributed by atoms with Crippen LogP contribution in [0, 0.1) is 13.8 Å². The van der Waals surface area contributed by atoms with E-state index in [4.69, 9.17) is 9.72 Å². The van der Waals surface area contributed by atoms with E-state index in [1.54, 1.807) is 23.7 Å². The van der Waals surface area contributed by atoms with Crippen molar-refractivity contribution in [1.82, 2.24) is 15.0 Å². The Morgan fingerprint density at radius 1 is 0.833 bits per heavy atom. The Labute approximate surface area is 178 Å². The van der Waals surface area contributed by atoms with Crippen LogP contribution in [-0.2, 0) is 0 Å². The van der Waals surface area contributed by atoms with Crippen LogP contribution in [0.25, 0.3) is 33.4 Å². The summed E-state index contributed by atoms with van der Waals surface area (Å²) in [6, 6.07) is 18.1. The molecule has 0 saturated carbocycles. The van der Waals surface area contributed by atoms with Crippen LogP contribution >= 0.6 is 11.3 Å². The topological polar surface area (TPSA) is 47.9 Å². The average Bonchev–Trinajstić information content (AvgIpc) is 3.32. The van der Waals surface area contributed by atoms with Crippen LogP contribution < -0.4 is 4.74 Å². The monoisotopic (exact) mass is 409 g/mol. The van der Waals surface area contributed by atoms with Gasteiger partial charge >= 0.3 is 0 Å². The summed E-state index contributed by atoms with van der Waals surface area (Å²) in [5.74, 6) is 1.44. The standard InChI is InChI=1S/C25H19N3OS/c1-16-13-24(25(28-17(16)2)21-5-3-4-10-26-21)29-23-8-11-27-22-14-18(6-7-20(22)23)19-9-12-30-15-19/h3-15H,1-2H3. The Morgan fingerprint density at radius 2 is 1.77 bits per heavy atom. The Bertz CT molecular complexity index is 1330. The van der Waals surface area contributed by atoms with E-state index in [-0.39, 0.29) is 0 Å². The maximum absolute atomic E-state index is 6.40. The number of ether oxygens (including phenoxy) is 1. The molecule has 4 nitrogen and oxygen atoms in total. The molecule has 5 aromatic rings. The summed E-state index contributed by atoms with van der Waals surface area (Å²) in [5, 5.41) is 5.18. The number of pyridine rings is 3. The second-order valence-electron chi connectivity index (χ2n) is 7.11. The lowest BCUT2D eigenvalue weighted by molar-refractivity contribution is 0.486. The molecule has 4 heterocycles. The highest BCUT2D eigenvalue weighted by atomic mass is 32.1. The van der Waals surface area contributed by atoms with E-state index >= 15 is 0 Å². The van der Waals surface area contributed by atoms with Crippen molar-refractivity contribution in [2.75, 3.05) is 0 Å². The normalized spacial score (nSPS) is 11.0. The quantitative estimate of drug-likeness (QED) is 0.326. The third-order valence-corrected chi connectivity index (χ3v) is 5.80. The maximum atomic E-state index is 6.40. The molecule has 0 aliphatic rings. The smallest absolute Gasteiger partial charge is 0.155 e. The molecule has 0 radical (unpaired) electrons. The van der Waals surface area contributed by atoms with Crippen LogP contribution in [0.15, 0.2) is 77.8 Å². The van der Waals surface area contributed by atoms with Gasteiger partial charge in [0.25, 0.3) is 0 Å². The van der Waals surface area contributed by atoms with E-state index in [2.05, 4.69) is 45.0 Å². The molecule has 5 rings (SSSR count). The summed E-state index contributed by atoms with van der Waals surface area (Å²) >= 11 is 1.69. The molecular formula is C25H19N3OS. The number of hydrogen-bond donors (Lipinski definition) is 0. The highest BCUT2D eigenvalue weighted by molar-refractivity contribution is 7.08. The van der Waals surface area contributed by atoms with Gasteiger partial charge in [0, 0.05) is 23.5 Å². The van der Waals surface area contributed by atoms with Gasteiger partial charge in [-0.25, -0.2) is 4.98 Å². The minimum atomic E-state index is 0.686. The van der Waals surface area contributed by atoms with Crippen molar-refractivity contribution in [1.29, 1.82) is 0 Å². The highest BCUT2D eigenvalue weighted by Crippen LogP contribution is 2.36. The Kier molecular flexibility index (Phi) is 4.73. The second-order valence-corrected chi connectivity index (χ2v) is 7.89. The zero-order chi connectivity index (χ0) is 20.5. The molecule has 0 unspecified atom stereocenters. The van der Waals surface area contributed by atoms with Crippen LogP contribution in [0.2, 0.25) is 0 Å². The number of hydrogen-bond acceptors (Lipinski definition) is 5. The van der Waals surface area contributed by atoms with Crippen molar-refractivity contribution in [3.05, 3.63) is 89.0 Å². The highest BCUT2D eigenvalue weighted by Gasteiger charge is 2.15. The summed E-state index contributed by atoms with van der Waals surface area (Å²) in [5.41, 5.74) is 6.80. The van der Waals surface area contributed by atoms with Crippen LogP contribution in [0.3, 0.4) is 0 Å². The van der Waals surface area contributed by atoms with Gasteiger partial charge in [-0.05, 0) is 83.8 Å². The molecule has 0 aliphatic heterocycles. The van der Waals surface area contributed by atoms with Crippen molar-refractivity contribution >= 4 is 22.2 Å². The lowest BCUT2D eigenvalue weighted by Gasteiger charge is -2.14. The minimum absolute atomic E-state index is 0.686. The van der Waals surface area contributed by atoms with Gasteiger partial charge < -0.3 is 4.74 Å². The first kappa shape index (κ1) is 18.5. The van der Waals surface area contributed by atoms with Crippen LogP contribution in [0.4, 0.5) is 0 Å². The third-order valence-electron chi connectivity index (χ3n) is 5.12. The molecular weight excluding hydrogens is 390 g/mol. The number of nitrogens with zero attached hydrogens (tertiary/aromatic N) is 3. The molecule has 0 saturated heterocycles. The molecule has 146 valence electrons. The SMILES string of the molecule is Cc1cc(Oc2ccnc3cc(-c4ccsc4)ccc23)c(-c2ccccn2)nc1C. The molecule has 1 aromatic carbocycles. The van der Waals surface area contributed by atoms with Crippen molar-refractivity contribution in [2.45, 2.75) is 13.8 Å². The molecule has 0 amide bonds. The zero-order valence-corrected chi connectivity index (χ0v) is 17.5. The van der Waals surface area contributed by atoms with Crippen molar-refractivity contribution < 1.29 is 4.74 Å². The van der Waals surface area contributed by atoms with E-state index in [9.17, 15) is 0 Å². The van der Waals surface area contributed by atoms with Gasteiger partial charge in [0.05, 0.1) is 11.2 Å². The maximum Gasteiger partial charge on any atom is 0.155 e. The van der Waals surface area contributed by atoms with Gasteiger partial charge in [0.15, 0.2) is 5.75 Å². The van der Waals surface area contributed by atoms with Gasteiger partial charge in [-0.1, -0.05) is 12.1 Å². The van der Waals surface area contributed by atoms with Gasteiger partial charge in [-0.3, -0.25) is 9.97 Å². The molecule has 4 aromatic heterocycles. The van der Waals surface area contributed by atoms with Crippen molar-refractivity contribution in [3.8, 4) is 34.0 Å². The predicted octanol–water partition coefficient (Wildman–Crippen LogP) is 6.83. The number of aryl methyl sites for hydroxylation is 2. The van der Waals surface area contributed by atoms with E-state index < -0.39 is 0 Å². The fraction of sp³-hybridized carbons (Fsp3) is 0.0800. The number of benzene rings is 1. The Balaban J connectivity index is 1.60. The summed E-state index contributed by atoms with van der Waals surface area (Å²) in [4.78, 5) is 13.8. The van der Waals surface area contributed by atoms with E-state index in [1.807, 2.05) is 44.2 Å². The van der Waals surface area contributed by atoms with E-state index in [1.165, 1.54) is 5.56 Å². The predicted molar refractivity (Wildman–Crippen MR) is 122 cm³/mol.